The molecule has 0 amide bonds. The fourth-order valence-corrected chi connectivity index (χ4v) is 3.11. The average molecular weight is 349 g/mol. The van der Waals surface area contributed by atoms with Gasteiger partial charge in [-0.1, -0.05) is 0 Å². The summed E-state index contributed by atoms with van der Waals surface area (Å²) >= 11 is 1.88. The van der Waals surface area contributed by atoms with Crippen molar-refractivity contribution in [3.63, 3.8) is 0 Å². The molecule has 1 aliphatic heterocycles. The lowest BCUT2D eigenvalue weighted by Gasteiger charge is -2.25. The molecule has 0 spiro atoms. The number of nitrogens with zero attached hydrogens (tertiary/aromatic N) is 2. The first-order chi connectivity index (χ1) is 9.99. The van der Waals surface area contributed by atoms with Gasteiger partial charge in [-0.2, -0.15) is 11.8 Å². The zero-order valence-corrected chi connectivity index (χ0v) is 13.4. The number of hydrogen-bond acceptors (Lipinski definition) is 7. The topological polar surface area (TPSA) is 104 Å². The summed E-state index contributed by atoms with van der Waals surface area (Å²) in [5.41, 5.74) is -0.615. The number of nitro benzene ring substituents is 1. The summed E-state index contributed by atoms with van der Waals surface area (Å²) in [4.78, 5) is 24.2. The molecule has 0 unspecified atom stereocenters. The standard InChI is InChI=1S/C13H16N2O5S.ClH/c16-11(1-2-14-3-5-21-6-4-14)9-7-10(15(19)20)13(18)12(17)8-9;/h7-8,17-18H,1-6H2;1H. The van der Waals surface area contributed by atoms with Crippen molar-refractivity contribution in [2.24, 2.45) is 0 Å². The van der Waals surface area contributed by atoms with Gasteiger partial charge in [-0.3, -0.25) is 14.9 Å². The maximum Gasteiger partial charge on any atom is 0.315 e. The van der Waals surface area contributed by atoms with E-state index in [2.05, 4.69) is 4.90 Å². The third-order valence-corrected chi connectivity index (χ3v) is 4.29. The number of Topliss-reactive ketones (excluding diaryl/α,β-unsaturated/α-hetero) is 1. The second kappa shape index (κ2) is 8.21. The normalized spacial score (nSPS) is 15.1. The highest BCUT2D eigenvalue weighted by molar-refractivity contribution is 7.99. The van der Waals surface area contributed by atoms with E-state index in [0.717, 1.165) is 36.7 Å². The Labute approximate surface area is 137 Å². The first-order valence-electron chi connectivity index (χ1n) is 6.52. The highest BCUT2D eigenvalue weighted by atomic mass is 35.5. The van der Waals surface area contributed by atoms with Gasteiger partial charge in [0.1, 0.15) is 0 Å². The monoisotopic (exact) mass is 348 g/mol. The molecular weight excluding hydrogens is 332 g/mol. The van der Waals surface area contributed by atoms with Crippen molar-refractivity contribution >= 4 is 35.6 Å². The van der Waals surface area contributed by atoms with Gasteiger partial charge in [0.25, 0.3) is 0 Å². The van der Waals surface area contributed by atoms with Crippen LogP contribution in [0.2, 0.25) is 0 Å². The Bertz CT molecular complexity index is 564. The number of rotatable bonds is 5. The van der Waals surface area contributed by atoms with Crippen molar-refractivity contribution in [3.05, 3.63) is 27.8 Å². The lowest BCUT2D eigenvalue weighted by molar-refractivity contribution is -0.386. The molecule has 1 aliphatic rings. The van der Waals surface area contributed by atoms with Gasteiger partial charge in [0.2, 0.25) is 5.75 Å². The summed E-state index contributed by atoms with van der Waals surface area (Å²) in [5, 5.41) is 29.6. The minimum atomic E-state index is -0.826. The van der Waals surface area contributed by atoms with Gasteiger partial charge in [-0.05, 0) is 6.07 Å². The molecule has 2 N–H and O–H groups in total. The number of aromatic hydroxyl groups is 2. The second-order valence-electron chi connectivity index (χ2n) is 4.75. The molecule has 0 aliphatic carbocycles. The molecule has 1 fully saturated rings. The molecule has 1 heterocycles. The van der Waals surface area contributed by atoms with Gasteiger partial charge in [0.05, 0.1) is 4.92 Å². The zero-order chi connectivity index (χ0) is 15.4. The average Bonchev–Trinajstić information content (AvgIpc) is 2.48. The van der Waals surface area contributed by atoms with Crippen LogP contribution >= 0.6 is 24.2 Å². The maximum atomic E-state index is 12.1. The molecule has 0 aromatic heterocycles. The zero-order valence-electron chi connectivity index (χ0n) is 11.7. The molecular formula is C13H17ClN2O5S. The van der Waals surface area contributed by atoms with Crippen LogP contribution in [0.3, 0.4) is 0 Å². The fourth-order valence-electron chi connectivity index (χ4n) is 2.13. The molecule has 2 rings (SSSR count). The molecule has 0 radical (unpaired) electrons. The number of carbonyl (C=O) groups excluding carboxylic acids is 1. The molecule has 7 nitrogen and oxygen atoms in total. The molecule has 1 aromatic rings. The number of halogens is 1. The highest BCUT2D eigenvalue weighted by Gasteiger charge is 2.22. The minimum Gasteiger partial charge on any atom is -0.504 e. The molecule has 0 saturated carbocycles. The van der Waals surface area contributed by atoms with Gasteiger partial charge < -0.3 is 15.1 Å². The van der Waals surface area contributed by atoms with Gasteiger partial charge in [-0.15, -0.1) is 12.4 Å². The van der Waals surface area contributed by atoms with Crippen molar-refractivity contribution in [3.8, 4) is 11.5 Å². The Morgan fingerprint density at radius 1 is 1.32 bits per heavy atom. The second-order valence-corrected chi connectivity index (χ2v) is 5.97. The van der Waals surface area contributed by atoms with E-state index in [-0.39, 0.29) is 30.2 Å². The van der Waals surface area contributed by atoms with Crippen LogP contribution in [0.4, 0.5) is 5.69 Å². The quantitative estimate of drug-likeness (QED) is 0.363. The highest BCUT2D eigenvalue weighted by Crippen LogP contribution is 2.36. The molecule has 22 heavy (non-hydrogen) atoms. The van der Waals surface area contributed by atoms with Crippen LogP contribution in [0.1, 0.15) is 16.8 Å². The summed E-state index contributed by atoms with van der Waals surface area (Å²) in [6.07, 6.45) is 0.228. The Kier molecular flexibility index (Phi) is 6.92. The van der Waals surface area contributed by atoms with Gasteiger partial charge in [-0.25, -0.2) is 0 Å². The summed E-state index contributed by atoms with van der Waals surface area (Å²) < 4.78 is 0. The third kappa shape index (κ3) is 4.49. The number of thioether (sulfide) groups is 1. The van der Waals surface area contributed by atoms with Crippen LogP contribution < -0.4 is 0 Å². The number of nitro groups is 1. The number of phenols is 2. The van der Waals surface area contributed by atoms with E-state index in [0.29, 0.717) is 6.54 Å². The predicted octanol–water partition coefficient (Wildman–Crippen LogP) is 2.05. The Balaban J connectivity index is 0.00000242. The number of hydrogen-bond donors (Lipinski definition) is 2. The summed E-state index contributed by atoms with van der Waals surface area (Å²) in [7, 11) is 0. The fraction of sp³-hybridized carbons (Fsp3) is 0.462. The first-order valence-corrected chi connectivity index (χ1v) is 7.68. The van der Waals surface area contributed by atoms with Gasteiger partial charge >= 0.3 is 5.69 Å². The van der Waals surface area contributed by atoms with E-state index >= 15 is 0 Å². The number of ketones is 1. The smallest absolute Gasteiger partial charge is 0.315 e. The molecule has 9 heteroatoms. The first kappa shape index (κ1) is 18.5. The summed E-state index contributed by atoms with van der Waals surface area (Å²) in [6.45, 7) is 2.45. The molecule has 0 atom stereocenters. The lowest BCUT2D eigenvalue weighted by atomic mass is 10.1. The van der Waals surface area contributed by atoms with Crippen molar-refractivity contribution in [2.75, 3.05) is 31.1 Å². The predicted molar refractivity (Wildman–Crippen MR) is 86.4 cm³/mol. The van der Waals surface area contributed by atoms with Crippen LogP contribution in [-0.2, 0) is 0 Å². The van der Waals surface area contributed by atoms with E-state index in [1.807, 2.05) is 11.8 Å². The Hall–Kier alpha value is -1.51. The molecule has 0 bridgehead atoms. The van der Waals surface area contributed by atoms with Crippen molar-refractivity contribution in [1.82, 2.24) is 4.90 Å². The third-order valence-electron chi connectivity index (χ3n) is 3.35. The van der Waals surface area contributed by atoms with Gasteiger partial charge in [0.15, 0.2) is 11.5 Å². The summed E-state index contributed by atoms with van der Waals surface area (Å²) in [6, 6.07) is 2.07. The Morgan fingerprint density at radius 2 is 1.95 bits per heavy atom. The maximum absolute atomic E-state index is 12.1. The van der Waals surface area contributed by atoms with Crippen LogP contribution in [-0.4, -0.2) is 57.0 Å². The number of phenolic OH excluding ortho intramolecular Hbond substituents is 2. The van der Waals surface area contributed by atoms with E-state index in [1.54, 1.807) is 0 Å². The van der Waals surface area contributed by atoms with E-state index < -0.39 is 22.1 Å². The van der Waals surface area contributed by atoms with Crippen LogP contribution in [0.25, 0.3) is 0 Å². The van der Waals surface area contributed by atoms with Crippen LogP contribution in [0.15, 0.2) is 12.1 Å². The number of carbonyl (C=O) groups is 1. The molecule has 122 valence electrons. The van der Waals surface area contributed by atoms with E-state index in [1.165, 1.54) is 0 Å². The van der Waals surface area contributed by atoms with Crippen molar-refractivity contribution in [1.29, 1.82) is 0 Å². The van der Waals surface area contributed by atoms with Crippen molar-refractivity contribution < 1.29 is 19.9 Å². The van der Waals surface area contributed by atoms with E-state index in [4.69, 9.17) is 0 Å². The molecule has 1 saturated heterocycles. The SMILES string of the molecule is Cl.O=C(CCN1CCSCC1)c1cc(O)c(O)c([N+](=O)[O-])c1. The summed E-state index contributed by atoms with van der Waals surface area (Å²) in [5.74, 6) is 0.331. The molecule has 1 aromatic carbocycles. The van der Waals surface area contributed by atoms with Crippen LogP contribution in [0, 0.1) is 10.1 Å². The minimum absolute atomic E-state index is 0. The Morgan fingerprint density at radius 3 is 2.55 bits per heavy atom. The van der Waals surface area contributed by atoms with Crippen LogP contribution in [0.5, 0.6) is 11.5 Å². The number of benzene rings is 1. The van der Waals surface area contributed by atoms with Crippen molar-refractivity contribution in [2.45, 2.75) is 6.42 Å². The van der Waals surface area contributed by atoms with Gasteiger partial charge in [0, 0.05) is 49.2 Å². The lowest BCUT2D eigenvalue weighted by Crippen LogP contribution is -2.34. The largest absolute Gasteiger partial charge is 0.504 e. The van der Waals surface area contributed by atoms with E-state index in [9.17, 15) is 25.1 Å².